The number of hydrogen-bond acceptors (Lipinski definition) is 1. The minimum Gasteiger partial charge on any atom is -0.496 e. The van der Waals surface area contributed by atoms with Gasteiger partial charge < -0.3 is 4.74 Å². The van der Waals surface area contributed by atoms with Gasteiger partial charge in [0.05, 0.1) is 7.11 Å². The molecule has 0 saturated heterocycles. The molecule has 1 heteroatoms. The van der Waals surface area contributed by atoms with E-state index >= 15 is 0 Å². The van der Waals surface area contributed by atoms with Crippen LogP contribution >= 0.6 is 0 Å². The Morgan fingerprint density at radius 1 is 1.18 bits per heavy atom. The van der Waals surface area contributed by atoms with E-state index in [0.29, 0.717) is 5.41 Å². The van der Waals surface area contributed by atoms with Crippen LogP contribution in [0.4, 0.5) is 0 Å². The third-order valence-corrected chi connectivity index (χ3v) is 5.01. The van der Waals surface area contributed by atoms with Crippen LogP contribution in [0.2, 0.25) is 0 Å². The second-order valence-electron chi connectivity index (χ2n) is 5.95. The summed E-state index contributed by atoms with van der Waals surface area (Å²) < 4.78 is 5.51. The summed E-state index contributed by atoms with van der Waals surface area (Å²) in [5, 5.41) is 0. The Morgan fingerprint density at radius 2 is 1.94 bits per heavy atom. The van der Waals surface area contributed by atoms with Crippen molar-refractivity contribution >= 4 is 0 Å². The molecule has 2 aliphatic rings. The van der Waals surface area contributed by atoms with Gasteiger partial charge >= 0.3 is 0 Å². The molecule has 0 radical (unpaired) electrons. The number of methoxy groups -OCH3 is 1. The highest BCUT2D eigenvalue weighted by atomic mass is 16.5. The summed E-state index contributed by atoms with van der Waals surface area (Å²) >= 11 is 0. The summed E-state index contributed by atoms with van der Waals surface area (Å²) in [4.78, 5) is 0. The summed E-state index contributed by atoms with van der Waals surface area (Å²) in [6, 6.07) is 6.63. The van der Waals surface area contributed by atoms with Crippen LogP contribution in [-0.2, 0) is 11.8 Å². The van der Waals surface area contributed by atoms with Gasteiger partial charge in [0.15, 0.2) is 0 Å². The Hall–Kier alpha value is -0.980. The monoisotopic (exact) mass is 230 g/mol. The lowest BCUT2D eigenvalue weighted by atomic mass is 9.68. The molecule has 3 rings (SSSR count). The molecular formula is C16H22O. The van der Waals surface area contributed by atoms with Gasteiger partial charge in [-0.2, -0.15) is 0 Å². The fraction of sp³-hybridized carbons (Fsp3) is 0.625. The van der Waals surface area contributed by atoms with Crippen molar-refractivity contribution in [1.29, 1.82) is 0 Å². The van der Waals surface area contributed by atoms with Crippen LogP contribution < -0.4 is 4.74 Å². The molecule has 0 unspecified atom stereocenters. The first-order valence-electron chi connectivity index (χ1n) is 6.91. The van der Waals surface area contributed by atoms with Crippen molar-refractivity contribution in [1.82, 2.24) is 0 Å². The van der Waals surface area contributed by atoms with Crippen molar-refractivity contribution in [3.8, 4) is 5.75 Å². The number of ether oxygens (including phenoxy) is 1. The first-order valence-corrected chi connectivity index (χ1v) is 6.91. The second kappa shape index (κ2) is 4.04. The maximum absolute atomic E-state index is 5.51. The molecule has 1 aromatic carbocycles. The van der Waals surface area contributed by atoms with Crippen LogP contribution in [0.3, 0.4) is 0 Å². The van der Waals surface area contributed by atoms with E-state index in [-0.39, 0.29) is 0 Å². The Kier molecular flexibility index (Phi) is 2.65. The van der Waals surface area contributed by atoms with Crippen LogP contribution in [0.15, 0.2) is 18.2 Å². The van der Waals surface area contributed by atoms with Gasteiger partial charge in [-0.3, -0.25) is 0 Å². The van der Waals surface area contributed by atoms with Gasteiger partial charge in [0.1, 0.15) is 5.75 Å². The predicted octanol–water partition coefficient (Wildman–Crippen LogP) is 4.09. The van der Waals surface area contributed by atoms with Crippen LogP contribution in [0.5, 0.6) is 5.75 Å². The van der Waals surface area contributed by atoms with Crippen LogP contribution in [0.25, 0.3) is 0 Å². The van der Waals surface area contributed by atoms with Crippen molar-refractivity contribution in [3.63, 3.8) is 0 Å². The standard InChI is InChI=1S/C16H22O/c1-12-6-9-16(10-7-12)11-8-13-14(16)4-3-5-15(13)17-2/h3-5,12H,6-11H2,1-2H3. The van der Waals surface area contributed by atoms with E-state index < -0.39 is 0 Å². The third-order valence-electron chi connectivity index (χ3n) is 5.01. The maximum atomic E-state index is 5.51. The molecule has 0 N–H and O–H groups in total. The molecule has 1 spiro atoms. The smallest absolute Gasteiger partial charge is 0.122 e. The summed E-state index contributed by atoms with van der Waals surface area (Å²) in [5.74, 6) is 2.04. The summed E-state index contributed by atoms with van der Waals surface area (Å²) in [5.41, 5.74) is 3.59. The Bertz CT molecular complexity index is 414. The van der Waals surface area contributed by atoms with E-state index in [1.54, 1.807) is 12.7 Å². The van der Waals surface area contributed by atoms with Gasteiger partial charge in [-0.05, 0) is 67.1 Å². The normalized spacial score (nSPS) is 31.5. The van der Waals surface area contributed by atoms with Crippen molar-refractivity contribution in [2.75, 3.05) is 7.11 Å². The first kappa shape index (κ1) is 11.1. The summed E-state index contributed by atoms with van der Waals surface area (Å²) in [7, 11) is 1.80. The number of fused-ring (bicyclic) bond motifs is 2. The van der Waals surface area contributed by atoms with Crippen molar-refractivity contribution < 1.29 is 4.74 Å². The molecule has 1 nitrogen and oxygen atoms in total. The Balaban J connectivity index is 1.98. The fourth-order valence-electron chi connectivity index (χ4n) is 3.84. The minimum atomic E-state index is 0.496. The molecule has 2 aliphatic carbocycles. The molecule has 1 saturated carbocycles. The van der Waals surface area contributed by atoms with E-state index in [9.17, 15) is 0 Å². The molecule has 1 fully saturated rings. The van der Waals surface area contributed by atoms with Gasteiger partial charge in [-0.25, -0.2) is 0 Å². The predicted molar refractivity (Wildman–Crippen MR) is 70.6 cm³/mol. The van der Waals surface area contributed by atoms with E-state index in [0.717, 1.165) is 11.7 Å². The third kappa shape index (κ3) is 1.67. The Morgan fingerprint density at radius 3 is 2.65 bits per heavy atom. The van der Waals surface area contributed by atoms with Gasteiger partial charge in [-0.15, -0.1) is 0 Å². The number of benzene rings is 1. The number of rotatable bonds is 1. The van der Waals surface area contributed by atoms with Crippen molar-refractivity contribution in [2.45, 2.75) is 50.9 Å². The SMILES string of the molecule is COc1cccc2c1CCC21CCC(C)CC1. The lowest BCUT2D eigenvalue weighted by Crippen LogP contribution is -2.28. The molecule has 0 aromatic heterocycles. The average Bonchev–Trinajstić information content (AvgIpc) is 2.73. The number of hydrogen-bond donors (Lipinski definition) is 0. The zero-order valence-electron chi connectivity index (χ0n) is 11.0. The van der Waals surface area contributed by atoms with Gasteiger partial charge in [0, 0.05) is 0 Å². The summed E-state index contributed by atoms with van der Waals surface area (Å²) in [6.07, 6.45) is 8.12. The molecule has 0 aliphatic heterocycles. The zero-order chi connectivity index (χ0) is 11.9. The second-order valence-corrected chi connectivity index (χ2v) is 5.95. The highest BCUT2D eigenvalue weighted by Crippen LogP contribution is 2.51. The van der Waals surface area contributed by atoms with E-state index in [4.69, 9.17) is 4.74 Å². The largest absolute Gasteiger partial charge is 0.496 e. The van der Waals surface area contributed by atoms with Crippen LogP contribution in [-0.4, -0.2) is 7.11 Å². The van der Waals surface area contributed by atoms with E-state index in [1.165, 1.54) is 44.1 Å². The zero-order valence-corrected chi connectivity index (χ0v) is 11.0. The first-order chi connectivity index (χ1) is 8.25. The van der Waals surface area contributed by atoms with Gasteiger partial charge in [0.25, 0.3) is 0 Å². The van der Waals surface area contributed by atoms with Gasteiger partial charge in [0.2, 0.25) is 0 Å². The topological polar surface area (TPSA) is 9.23 Å². The molecule has 17 heavy (non-hydrogen) atoms. The van der Waals surface area contributed by atoms with E-state index in [1.807, 2.05) is 0 Å². The lowest BCUT2D eigenvalue weighted by Gasteiger charge is -2.37. The molecule has 0 amide bonds. The van der Waals surface area contributed by atoms with Gasteiger partial charge in [-0.1, -0.05) is 19.1 Å². The Labute approximate surface area is 104 Å². The maximum Gasteiger partial charge on any atom is 0.122 e. The highest BCUT2D eigenvalue weighted by molar-refractivity contribution is 5.48. The quantitative estimate of drug-likeness (QED) is 0.706. The van der Waals surface area contributed by atoms with Crippen molar-refractivity contribution in [3.05, 3.63) is 29.3 Å². The molecule has 0 atom stereocenters. The average molecular weight is 230 g/mol. The molecular weight excluding hydrogens is 208 g/mol. The minimum absolute atomic E-state index is 0.496. The fourth-order valence-corrected chi connectivity index (χ4v) is 3.84. The van der Waals surface area contributed by atoms with Crippen LogP contribution in [0, 0.1) is 5.92 Å². The summed E-state index contributed by atoms with van der Waals surface area (Å²) in [6.45, 7) is 2.40. The molecule has 0 heterocycles. The molecule has 1 aromatic rings. The van der Waals surface area contributed by atoms with Crippen molar-refractivity contribution in [2.24, 2.45) is 5.92 Å². The van der Waals surface area contributed by atoms with Crippen LogP contribution in [0.1, 0.15) is 50.2 Å². The molecule has 92 valence electrons. The lowest BCUT2D eigenvalue weighted by molar-refractivity contribution is 0.241. The van der Waals surface area contributed by atoms with E-state index in [2.05, 4.69) is 25.1 Å². The highest BCUT2D eigenvalue weighted by Gasteiger charge is 2.41. The molecule has 0 bridgehead atoms.